The Balaban J connectivity index is 0. The molecule has 0 atom stereocenters. The Bertz CT molecular complexity index is 173. The van der Waals surface area contributed by atoms with Crippen LogP contribution < -0.4 is 5.32 Å². The van der Waals surface area contributed by atoms with Crippen LogP contribution in [-0.4, -0.2) is 67.3 Å². The zero-order valence-electron chi connectivity index (χ0n) is 9.99. The molecule has 0 radical (unpaired) electrons. The van der Waals surface area contributed by atoms with Crippen molar-refractivity contribution >= 4 is 6.09 Å². The van der Waals surface area contributed by atoms with Gasteiger partial charge in [0.15, 0.2) is 0 Å². The lowest BCUT2D eigenvalue weighted by Gasteiger charge is -2.32. The second-order valence-corrected chi connectivity index (χ2v) is 3.38. The van der Waals surface area contributed by atoms with Crippen LogP contribution in [0.3, 0.4) is 0 Å². The minimum Gasteiger partial charge on any atom is -0.465 e. The molecule has 2 N–H and O–H groups in total. The minimum atomic E-state index is -0.936. The SMILES string of the molecule is CC.CN1CCN(CCNC(=O)O)CC1.[HH]. The summed E-state index contributed by atoms with van der Waals surface area (Å²) < 4.78 is 0. The molecule has 15 heavy (non-hydrogen) atoms. The van der Waals surface area contributed by atoms with Crippen LogP contribution in [0.1, 0.15) is 15.3 Å². The van der Waals surface area contributed by atoms with Crippen molar-refractivity contribution in [2.24, 2.45) is 0 Å². The smallest absolute Gasteiger partial charge is 0.404 e. The first kappa shape index (κ1) is 14.2. The molecule has 5 heteroatoms. The van der Waals surface area contributed by atoms with Gasteiger partial charge in [0, 0.05) is 40.7 Å². The third-order valence-corrected chi connectivity index (χ3v) is 2.30. The van der Waals surface area contributed by atoms with Gasteiger partial charge in [-0.15, -0.1) is 0 Å². The number of amides is 1. The molecule has 0 unspecified atom stereocenters. The Morgan fingerprint density at radius 3 is 2.33 bits per heavy atom. The first-order valence-electron chi connectivity index (χ1n) is 5.56. The second kappa shape index (κ2) is 8.49. The van der Waals surface area contributed by atoms with Gasteiger partial charge in [-0.25, -0.2) is 4.79 Å². The van der Waals surface area contributed by atoms with Gasteiger partial charge in [0.2, 0.25) is 0 Å². The van der Waals surface area contributed by atoms with Gasteiger partial charge in [-0.3, -0.25) is 4.90 Å². The third-order valence-electron chi connectivity index (χ3n) is 2.30. The van der Waals surface area contributed by atoms with E-state index in [0.29, 0.717) is 6.54 Å². The van der Waals surface area contributed by atoms with Crippen molar-refractivity contribution in [3.63, 3.8) is 0 Å². The Hall–Kier alpha value is -0.810. The molecule has 1 amide bonds. The van der Waals surface area contributed by atoms with Crippen molar-refractivity contribution in [3.8, 4) is 0 Å². The fourth-order valence-corrected chi connectivity index (χ4v) is 1.39. The minimum absolute atomic E-state index is 0. The molecule has 1 saturated heterocycles. The van der Waals surface area contributed by atoms with Gasteiger partial charge >= 0.3 is 6.09 Å². The molecule has 1 fully saturated rings. The maximum absolute atomic E-state index is 10.2. The normalized spacial score (nSPS) is 17.8. The standard InChI is InChI=1S/C8H17N3O2.C2H6.H2/c1-10-4-6-11(7-5-10)3-2-9-8(12)13;1-2;/h9H,2-7H2,1H3,(H,12,13);1-2H3;1H. The number of carbonyl (C=O) groups is 1. The highest BCUT2D eigenvalue weighted by atomic mass is 16.4. The average Bonchev–Trinajstić information content (AvgIpc) is 2.23. The summed E-state index contributed by atoms with van der Waals surface area (Å²) in [6, 6.07) is 0. The third kappa shape index (κ3) is 7.16. The lowest BCUT2D eigenvalue weighted by Crippen LogP contribution is -2.46. The summed E-state index contributed by atoms with van der Waals surface area (Å²) in [6.45, 7) is 9.58. The molecule has 0 saturated carbocycles. The molecule has 1 aliphatic heterocycles. The van der Waals surface area contributed by atoms with Crippen molar-refractivity contribution in [1.29, 1.82) is 0 Å². The number of hydrogen-bond donors (Lipinski definition) is 2. The number of nitrogens with one attached hydrogen (secondary N) is 1. The maximum Gasteiger partial charge on any atom is 0.404 e. The number of nitrogens with zero attached hydrogens (tertiary/aromatic N) is 2. The van der Waals surface area contributed by atoms with E-state index in [1.165, 1.54) is 0 Å². The highest BCUT2D eigenvalue weighted by Crippen LogP contribution is 1.97. The number of rotatable bonds is 3. The van der Waals surface area contributed by atoms with Gasteiger partial charge in [0.25, 0.3) is 0 Å². The fourth-order valence-electron chi connectivity index (χ4n) is 1.39. The van der Waals surface area contributed by atoms with Crippen LogP contribution in [0.4, 0.5) is 4.79 Å². The average molecular weight is 219 g/mol. The van der Waals surface area contributed by atoms with Gasteiger partial charge in [-0.05, 0) is 7.05 Å². The molecular formula is C10H25N3O2. The molecule has 92 valence electrons. The summed E-state index contributed by atoms with van der Waals surface area (Å²) in [5.41, 5.74) is 0. The fraction of sp³-hybridized carbons (Fsp3) is 0.900. The summed E-state index contributed by atoms with van der Waals surface area (Å²) in [5, 5.41) is 10.7. The van der Waals surface area contributed by atoms with Gasteiger partial charge < -0.3 is 15.3 Å². The van der Waals surface area contributed by atoms with Crippen LogP contribution in [0.5, 0.6) is 0 Å². The first-order chi connectivity index (χ1) is 7.18. The summed E-state index contributed by atoms with van der Waals surface area (Å²) in [6.07, 6.45) is -0.936. The second-order valence-electron chi connectivity index (χ2n) is 3.38. The molecule has 5 nitrogen and oxygen atoms in total. The van der Waals surface area contributed by atoms with E-state index in [0.717, 1.165) is 32.7 Å². The molecular weight excluding hydrogens is 194 g/mol. The van der Waals surface area contributed by atoms with Gasteiger partial charge in [-0.1, -0.05) is 13.8 Å². The molecule has 1 rings (SSSR count). The molecule has 0 aromatic carbocycles. The molecule has 0 aliphatic carbocycles. The molecule has 1 heterocycles. The van der Waals surface area contributed by atoms with Crippen LogP contribution >= 0.6 is 0 Å². The van der Waals surface area contributed by atoms with Crippen molar-refractivity contribution in [2.75, 3.05) is 46.3 Å². The summed E-state index contributed by atoms with van der Waals surface area (Å²) in [5.74, 6) is 0. The summed E-state index contributed by atoms with van der Waals surface area (Å²) >= 11 is 0. The lowest BCUT2D eigenvalue weighted by atomic mass is 10.3. The van der Waals surface area contributed by atoms with Crippen LogP contribution in [0, 0.1) is 0 Å². The Morgan fingerprint density at radius 2 is 1.87 bits per heavy atom. The number of carboxylic acid groups (broad SMARTS) is 1. The zero-order chi connectivity index (χ0) is 11.7. The van der Waals surface area contributed by atoms with E-state index in [-0.39, 0.29) is 1.43 Å². The van der Waals surface area contributed by atoms with Gasteiger partial charge in [0.05, 0.1) is 0 Å². The Labute approximate surface area is 93.5 Å². The molecule has 0 aromatic heterocycles. The van der Waals surface area contributed by atoms with Crippen molar-refractivity contribution in [2.45, 2.75) is 13.8 Å². The van der Waals surface area contributed by atoms with Crippen molar-refractivity contribution < 1.29 is 11.3 Å². The van der Waals surface area contributed by atoms with E-state index >= 15 is 0 Å². The van der Waals surface area contributed by atoms with Gasteiger partial charge in [-0.2, -0.15) is 0 Å². The van der Waals surface area contributed by atoms with E-state index < -0.39 is 6.09 Å². The van der Waals surface area contributed by atoms with Gasteiger partial charge in [0.1, 0.15) is 0 Å². The molecule has 0 bridgehead atoms. The number of likely N-dealkylation sites (N-methyl/N-ethyl adjacent to an activating group) is 1. The maximum atomic E-state index is 10.2. The predicted octanol–water partition coefficient (Wildman–Crippen LogP) is 0.774. The highest BCUT2D eigenvalue weighted by Gasteiger charge is 2.12. The van der Waals surface area contributed by atoms with E-state index in [2.05, 4.69) is 22.2 Å². The molecule has 0 aromatic rings. The summed E-state index contributed by atoms with van der Waals surface area (Å²) in [4.78, 5) is 14.7. The quantitative estimate of drug-likeness (QED) is 0.736. The van der Waals surface area contributed by atoms with E-state index in [4.69, 9.17) is 5.11 Å². The van der Waals surface area contributed by atoms with Crippen LogP contribution in [0.2, 0.25) is 0 Å². The Morgan fingerprint density at radius 1 is 1.33 bits per heavy atom. The molecule has 1 aliphatic rings. The summed E-state index contributed by atoms with van der Waals surface area (Å²) in [7, 11) is 2.10. The lowest BCUT2D eigenvalue weighted by molar-refractivity contribution is 0.152. The first-order valence-corrected chi connectivity index (χ1v) is 5.56. The highest BCUT2D eigenvalue weighted by molar-refractivity contribution is 5.64. The monoisotopic (exact) mass is 219 g/mol. The van der Waals surface area contributed by atoms with E-state index in [1.807, 2.05) is 13.8 Å². The molecule has 0 spiro atoms. The Kier molecular flexibility index (Phi) is 8.04. The van der Waals surface area contributed by atoms with Crippen LogP contribution in [0.15, 0.2) is 0 Å². The van der Waals surface area contributed by atoms with E-state index in [1.54, 1.807) is 0 Å². The van der Waals surface area contributed by atoms with Crippen molar-refractivity contribution in [1.82, 2.24) is 15.1 Å². The largest absolute Gasteiger partial charge is 0.465 e. The topological polar surface area (TPSA) is 55.8 Å². The van der Waals surface area contributed by atoms with Crippen molar-refractivity contribution in [3.05, 3.63) is 0 Å². The zero-order valence-corrected chi connectivity index (χ0v) is 9.99. The number of hydrogen-bond acceptors (Lipinski definition) is 3. The predicted molar refractivity (Wildman–Crippen MR) is 63.4 cm³/mol. The van der Waals surface area contributed by atoms with Crippen LogP contribution in [0.25, 0.3) is 0 Å². The van der Waals surface area contributed by atoms with Crippen LogP contribution in [-0.2, 0) is 0 Å². The van der Waals surface area contributed by atoms with E-state index in [9.17, 15) is 4.79 Å². The number of piperazine rings is 1.